The van der Waals surface area contributed by atoms with E-state index in [1.54, 1.807) is 5.04 Å². The minimum Gasteiger partial charge on any atom is -0.734 e. The Hall–Kier alpha value is 0.646. The average molecular weight is 72.3 g/mol. The van der Waals surface area contributed by atoms with Gasteiger partial charge in [-0.3, -0.25) is 0 Å². The fourth-order valence-corrected chi connectivity index (χ4v) is 0. The molecule has 4 heavy (non-hydrogen) atoms. The van der Waals surface area contributed by atoms with Gasteiger partial charge in [-0.05, 0) is 0 Å². The van der Waals surface area contributed by atoms with Gasteiger partial charge in [-0.15, -0.1) is 0 Å². The van der Waals surface area contributed by atoms with Crippen molar-refractivity contribution >= 4 is 23.1 Å². The molecule has 0 aromatic heterocycles. The Morgan fingerprint density at radius 2 is 1.25 bits per heavy atom. The van der Waals surface area contributed by atoms with Crippen LogP contribution in [-0.4, -0.2) is 23.1 Å². The first-order valence-corrected chi connectivity index (χ1v) is 0.333. The van der Waals surface area contributed by atoms with Crippen molar-refractivity contribution in [2.24, 2.45) is 0 Å². The Morgan fingerprint density at radius 3 is 1.25 bits per heavy atom. The minimum atomic E-state index is 0. The molecule has 0 amide bonds. The van der Waals surface area contributed by atoms with Crippen LogP contribution >= 0.6 is 0 Å². The summed E-state index contributed by atoms with van der Waals surface area (Å²) in [6.07, 6.45) is 0. The summed E-state index contributed by atoms with van der Waals surface area (Å²) in [4.78, 5) is 0. The average Bonchev–Trinajstić information content (AvgIpc) is 0.918. The standard InChI is InChI=1S/Mg.H2O3/c;1-3-2/h;1-2H/q+2;/p-2. The van der Waals surface area contributed by atoms with Gasteiger partial charge >= 0.3 is 23.1 Å². The summed E-state index contributed by atoms with van der Waals surface area (Å²) in [7, 11) is 0. The third kappa shape index (κ3) is 17.2. The van der Waals surface area contributed by atoms with Crippen molar-refractivity contribution in [2.45, 2.75) is 0 Å². The van der Waals surface area contributed by atoms with E-state index in [1.807, 2.05) is 0 Å². The predicted molar refractivity (Wildman–Crippen MR) is 6.84 cm³/mol. The van der Waals surface area contributed by atoms with Gasteiger partial charge in [0.05, 0.1) is 0 Å². The van der Waals surface area contributed by atoms with Gasteiger partial charge in [0, 0.05) is 0 Å². The Labute approximate surface area is 39.2 Å². The second-order valence-electron chi connectivity index (χ2n) is 0.0680. The van der Waals surface area contributed by atoms with Gasteiger partial charge in [-0.25, -0.2) is 0 Å². The number of hydrogen-bond donors (Lipinski definition) is 0. The van der Waals surface area contributed by atoms with Crippen LogP contribution in [0.2, 0.25) is 0 Å². The van der Waals surface area contributed by atoms with E-state index in [9.17, 15) is 0 Å². The predicted octanol–water partition coefficient (Wildman–Crippen LogP) is -2.83. The van der Waals surface area contributed by atoms with Crippen LogP contribution in [0.5, 0.6) is 0 Å². The van der Waals surface area contributed by atoms with E-state index in [-0.39, 0.29) is 23.1 Å². The maximum Gasteiger partial charge on any atom is 2.00 e. The zero-order chi connectivity index (χ0) is 2.71. The summed E-state index contributed by atoms with van der Waals surface area (Å²) in [5.41, 5.74) is 0. The third-order valence-corrected chi connectivity index (χ3v) is 0. The molecule has 0 saturated heterocycles. The van der Waals surface area contributed by atoms with E-state index in [2.05, 4.69) is 0 Å². The van der Waals surface area contributed by atoms with E-state index in [0.29, 0.717) is 0 Å². The molecule has 0 spiro atoms. The number of rotatable bonds is 0. The molecule has 0 bridgehead atoms. The molecule has 0 aliphatic carbocycles. The van der Waals surface area contributed by atoms with Crippen LogP contribution in [0.3, 0.4) is 0 Å². The summed E-state index contributed by atoms with van der Waals surface area (Å²) in [6.45, 7) is 0. The Balaban J connectivity index is 0. The number of hydrogen-bond acceptors (Lipinski definition) is 3. The van der Waals surface area contributed by atoms with E-state index in [1.165, 1.54) is 0 Å². The van der Waals surface area contributed by atoms with Crippen LogP contribution in [0.4, 0.5) is 0 Å². The van der Waals surface area contributed by atoms with E-state index in [0.717, 1.165) is 0 Å². The van der Waals surface area contributed by atoms with Gasteiger partial charge in [0.2, 0.25) is 0 Å². The first kappa shape index (κ1) is 8.82. The molecule has 20 valence electrons. The Bertz CT molecular complexity index is 3.25. The summed E-state index contributed by atoms with van der Waals surface area (Å²) in [5.74, 6) is 0. The first-order valence-electron chi connectivity index (χ1n) is 0.333. The molecule has 0 fully saturated rings. The van der Waals surface area contributed by atoms with Crippen LogP contribution in [0.1, 0.15) is 0 Å². The molecule has 0 aliphatic heterocycles. The maximum absolute atomic E-state index is 7.88. The van der Waals surface area contributed by atoms with Gasteiger partial charge in [0.1, 0.15) is 0 Å². The monoisotopic (exact) mass is 72.0 g/mol. The van der Waals surface area contributed by atoms with Gasteiger partial charge < -0.3 is 15.6 Å². The second kappa shape index (κ2) is 9.42. The van der Waals surface area contributed by atoms with Crippen LogP contribution in [0, 0.1) is 0 Å². The third-order valence-electron chi connectivity index (χ3n) is 0. The Morgan fingerprint density at radius 1 is 1.25 bits per heavy atom. The van der Waals surface area contributed by atoms with Crippen molar-refractivity contribution < 1.29 is 15.6 Å². The van der Waals surface area contributed by atoms with Crippen molar-refractivity contribution in [1.29, 1.82) is 0 Å². The van der Waals surface area contributed by atoms with Crippen LogP contribution in [0.25, 0.3) is 0 Å². The van der Waals surface area contributed by atoms with Crippen molar-refractivity contribution in [2.75, 3.05) is 0 Å². The van der Waals surface area contributed by atoms with E-state index < -0.39 is 0 Å². The van der Waals surface area contributed by atoms with Crippen molar-refractivity contribution in [3.8, 4) is 0 Å². The fourth-order valence-electron chi connectivity index (χ4n) is 0. The molecular formula is MgO3. The molecule has 0 unspecified atom stereocenters. The minimum absolute atomic E-state index is 0. The maximum atomic E-state index is 7.88. The zero-order valence-corrected chi connectivity index (χ0v) is 3.35. The molecule has 4 heteroatoms. The molecule has 0 radical (unpaired) electrons. The van der Waals surface area contributed by atoms with Crippen LogP contribution in [0.15, 0.2) is 0 Å². The molecule has 0 rings (SSSR count). The normalized spacial score (nSPS) is 4.50. The zero-order valence-electron chi connectivity index (χ0n) is 1.93. The largest absolute Gasteiger partial charge is 2.00 e. The van der Waals surface area contributed by atoms with Crippen LogP contribution in [-0.2, 0) is 5.04 Å². The van der Waals surface area contributed by atoms with E-state index >= 15 is 0 Å². The first-order chi connectivity index (χ1) is 1.41. The molecular weight excluding hydrogens is 72.3 g/mol. The molecule has 0 aromatic rings. The summed E-state index contributed by atoms with van der Waals surface area (Å²) in [5, 5.41) is 17.5. The molecule has 0 aromatic carbocycles. The van der Waals surface area contributed by atoms with Crippen LogP contribution < -0.4 is 10.5 Å². The molecule has 0 N–H and O–H groups in total. The van der Waals surface area contributed by atoms with Gasteiger partial charge in [0.25, 0.3) is 0 Å². The molecule has 0 saturated carbocycles. The van der Waals surface area contributed by atoms with Crippen molar-refractivity contribution in [3.05, 3.63) is 0 Å². The van der Waals surface area contributed by atoms with Gasteiger partial charge in [-0.2, -0.15) is 0 Å². The molecule has 0 heterocycles. The summed E-state index contributed by atoms with van der Waals surface area (Å²) < 4.78 is 0. The molecule has 3 nitrogen and oxygen atoms in total. The quantitative estimate of drug-likeness (QED) is 0.176. The Kier molecular flexibility index (Phi) is 20.8. The summed E-state index contributed by atoms with van der Waals surface area (Å²) in [6, 6.07) is 0. The second-order valence-corrected chi connectivity index (χ2v) is 0.0680. The van der Waals surface area contributed by atoms with Gasteiger partial charge in [-0.1, -0.05) is 0 Å². The smallest absolute Gasteiger partial charge is 0.734 e. The van der Waals surface area contributed by atoms with E-state index in [4.69, 9.17) is 10.5 Å². The molecule has 0 aliphatic rings. The van der Waals surface area contributed by atoms with Crippen molar-refractivity contribution in [3.63, 3.8) is 0 Å². The fraction of sp³-hybridized carbons (Fsp3) is 0. The van der Waals surface area contributed by atoms with Gasteiger partial charge in [0.15, 0.2) is 0 Å². The SMILES string of the molecule is [Mg+2].[O-]O[O-]. The molecule has 0 atom stereocenters. The topological polar surface area (TPSA) is 55.3 Å². The van der Waals surface area contributed by atoms with Crippen molar-refractivity contribution in [1.82, 2.24) is 0 Å². The summed E-state index contributed by atoms with van der Waals surface area (Å²) >= 11 is 0.